The predicted molar refractivity (Wildman–Crippen MR) is 98.6 cm³/mol. The van der Waals surface area contributed by atoms with Crippen molar-refractivity contribution in [2.24, 2.45) is 5.92 Å². The summed E-state index contributed by atoms with van der Waals surface area (Å²) in [6.07, 6.45) is 2.06. The van der Waals surface area contributed by atoms with Crippen LogP contribution >= 0.6 is 11.6 Å². The van der Waals surface area contributed by atoms with Crippen molar-refractivity contribution in [3.63, 3.8) is 0 Å². The van der Waals surface area contributed by atoms with E-state index in [0.29, 0.717) is 23.6 Å². The molecule has 1 N–H and O–H groups in total. The van der Waals surface area contributed by atoms with Crippen molar-refractivity contribution in [1.29, 1.82) is 0 Å². The van der Waals surface area contributed by atoms with Crippen molar-refractivity contribution < 1.29 is 14.6 Å². The molecule has 3 aromatic carbocycles. The van der Waals surface area contributed by atoms with Gasteiger partial charge in [0.2, 0.25) is 0 Å². The number of hydrogen-bond acceptors (Lipinski definition) is 2. The molecule has 4 rings (SSSR count). The molecule has 0 saturated carbocycles. The molecule has 0 spiro atoms. The van der Waals surface area contributed by atoms with Crippen LogP contribution in [0.4, 0.5) is 0 Å². The molecule has 0 amide bonds. The van der Waals surface area contributed by atoms with Crippen molar-refractivity contribution >= 4 is 28.3 Å². The molecule has 3 nitrogen and oxygen atoms in total. The zero-order chi connectivity index (χ0) is 17.4. The number of aryl methyl sites for hydroxylation is 1. The van der Waals surface area contributed by atoms with Crippen LogP contribution in [0.5, 0.6) is 11.5 Å². The van der Waals surface area contributed by atoms with Crippen LogP contribution in [0.3, 0.4) is 0 Å². The summed E-state index contributed by atoms with van der Waals surface area (Å²) in [6.45, 7) is 0. The number of carbonyl (C=O) groups is 1. The monoisotopic (exact) mass is 352 g/mol. The molecule has 0 radical (unpaired) electrons. The Hall–Kier alpha value is -2.52. The van der Waals surface area contributed by atoms with Crippen LogP contribution in [0.2, 0.25) is 5.02 Å². The van der Waals surface area contributed by atoms with Crippen LogP contribution in [0.1, 0.15) is 17.5 Å². The van der Waals surface area contributed by atoms with Crippen molar-refractivity contribution in [3.05, 3.63) is 70.7 Å². The van der Waals surface area contributed by atoms with Gasteiger partial charge in [-0.2, -0.15) is 0 Å². The maximum Gasteiger partial charge on any atom is 0.306 e. The lowest BCUT2D eigenvalue weighted by Crippen LogP contribution is -2.22. The topological polar surface area (TPSA) is 46.5 Å². The van der Waals surface area contributed by atoms with Crippen LogP contribution in [0, 0.1) is 5.92 Å². The smallest absolute Gasteiger partial charge is 0.306 e. The molecule has 1 atom stereocenters. The third-order valence-corrected chi connectivity index (χ3v) is 5.12. The second kappa shape index (κ2) is 6.41. The Morgan fingerprint density at radius 1 is 1.04 bits per heavy atom. The minimum atomic E-state index is -0.721. The van der Waals surface area contributed by atoms with E-state index in [1.165, 1.54) is 5.56 Å². The van der Waals surface area contributed by atoms with Gasteiger partial charge in [0.25, 0.3) is 0 Å². The van der Waals surface area contributed by atoms with Gasteiger partial charge in [0.05, 0.1) is 5.92 Å². The summed E-state index contributed by atoms with van der Waals surface area (Å²) in [6, 6.07) is 17.6. The maximum atomic E-state index is 11.3. The number of ether oxygens (including phenoxy) is 1. The number of aliphatic carboxylic acids is 1. The first kappa shape index (κ1) is 16.0. The minimum absolute atomic E-state index is 0.303. The Balaban J connectivity index is 1.62. The fourth-order valence-corrected chi connectivity index (χ4v) is 3.66. The Morgan fingerprint density at radius 2 is 1.84 bits per heavy atom. The summed E-state index contributed by atoms with van der Waals surface area (Å²) < 4.78 is 6.00. The van der Waals surface area contributed by atoms with Gasteiger partial charge in [-0.15, -0.1) is 0 Å². The van der Waals surface area contributed by atoms with Crippen molar-refractivity contribution in [2.75, 3.05) is 0 Å². The number of hydrogen-bond donors (Lipinski definition) is 1. The standard InChI is InChI=1S/C21H17ClO3/c22-20-3-1-2-14-7-9-18(12-19(14)20)25-17-8-6-13-4-5-15(21(23)24)10-16(13)11-17/h1-3,6-9,11-12,15H,4-5,10H2,(H,23,24). The van der Waals surface area contributed by atoms with Gasteiger partial charge in [-0.25, -0.2) is 0 Å². The van der Waals surface area contributed by atoms with Gasteiger partial charge >= 0.3 is 5.97 Å². The number of carboxylic acids is 1. The highest BCUT2D eigenvalue weighted by atomic mass is 35.5. The summed E-state index contributed by atoms with van der Waals surface area (Å²) >= 11 is 6.26. The highest BCUT2D eigenvalue weighted by Crippen LogP contribution is 2.33. The third kappa shape index (κ3) is 3.20. The molecule has 126 valence electrons. The van der Waals surface area contributed by atoms with Gasteiger partial charge in [-0.3, -0.25) is 4.79 Å². The van der Waals surface area contributed by atoms with E-state index in [9.17, 15) is 9.90 Å². The van der Waals surface area contributed by atoms with Crippen LogP contribution in [-0.4, -0.2) is 11.1 Å². The second-order valence-corrected chi connectivity index (χ2v) is 6.84. The zero-order valence-electron chi connectivity index (χ0n) is 13.5. The number of benzene rings is 3. The number of rotatable bonds is 3. The summed E-state index contributed by atoms with van der Waals surface area (Å²) in [5.41, 5.74) is 2.28. The van der Waals surface area contributed by atoms with Crippen molar-refractivity contribution in [1.82, 2.24) is 0 Å². The van der Waals surface area contributed by atoms with Crippen molar-refractivity contribution in [3.8, 4) is 11.5 Å². The number of halogens is 1. The summed E-state index contributed by atoms with van der Waals surface area (Å²) in [4.78, 5) is 11.3. The lowest BCUT2D eigenvalue weighted by molar-refractivity contribution is -0.142. The lowest BCUT2D eigenvalue weighted by Gasteiger charge is -2.22. The number of carboxylic acid groups (broad SMARTS) is 1. The van der Waals surface area contributed by atoms with Crippen LogP contribution in [0.15, 0.2) is 54.6 Å². The van der Waals surface area contributed by atoms with Gasteiger partial charge < -0.3 is 9.84 Å². The SMILES string of the molecule is O=C(O)C1CCc2ccc(Oc3ccc4cccc(Cl)c4c3)cc2C1. The Labute approximate surface area is 150 Å². The van der Waals surface area contributed by atoms with E-state index in [1.54, 1.807) is 0 Å². The van der Waals surface area contributed by atoms with Gasteiger partial charge in [-0.05, 0) is 66.1 Å². The van der Waals surface area contributed by atoms with E-state index in [2.05, 4.69) is 0 Å². The molecule has 0 heterocycles. The van der Waals surface area contributed by atoms with E-state index in [4.69, 9.17) is 16.3 Å². The average Bonchev–Trinajstić information content (AvgIpc) is 2.62. The normalized spacial score (nSPS) is 16.4. The van der Waals surface area contributed by atoms with E-state index in [0.717, 1.165) is 28.5 Å². The third-order valence-electron chi connectivity index (χ3n) is 4.79. The summed E-state index contributed by atoms with van der Waals surface area (Å²) in [5.74, 6) is 0.408. The minimum Gasteiger partial charge on any atom is -0.481 e. The first-order valence-corrected chi connectivity index (χ1v) is 8.69. The first-order valence-electron chi connectivity index (χ1n) is 8.31. The molecule has 0 fully saturated rings. The van der Waals surface area contributed by atoms with E-state index in [-0.39, 0.29) is 5.92 Å². The maximum absolute atomic E-state index is 11.3. The highest BCUT2D eigenvalue weighted by molar-refractivity contribution is 6.35. The largest absolute Gasteiger partial charge is 0.481 e. The van der Waals surface area contributed by atoms with E-state index < -0.39 is 5.97 Å². The molecule has 1 aliphatic carbocycles. The quantitative estimate of drug-likeness (QED) is 0.679. The van der Waals surface area contributed by atoms with Crippen LogP contribution < -0.4 is 4.74 Å². The fourth-order valence-electron chi connectivity index (χ4n) is 3.42. The van der Waals surface area contributed by atoms with E-state index >= 15 is 0 Å². The molecule has 0 bridgehead atoms. The summed E-state index contributed by atoms with van der Waals surface area (Å²) in [7, 11) is 0. The zero-order valence-corrected chi connectivity index (χ0v) is 14.3. The Morgan fingerprint density at radius 3 is 2.68 bits per heavy atom. The molecular weight excluding hydrogens is 336 g/mol. The molecule has 25 heavy (non-hydrogen) atoms. The van der Waals surface area contributed by atoms with Gasteiger partial charge in [0.15, 0.2) is 0 Å². The predicted octanol–water partition coefficient (Wildman–Crippen LogP) is 5.48. The molecule has 0 aromatic heterocycles. The molecular formula is C21H17ClO3. The highest BCUT2D eigenvalue weighted by Gasteiger charge is 2.24. The lowest BCUT2D eigenvalue weighted by atomic mass is 9.84. The van der Waals surface area contributed by atoms with Gasteiger partial charge in [0, 0.05) is 10.4 Å². The fraction of sp³-hybridized carbons (Fsp3) is 0.190. The molecule has 4 heteroatoms. The second-order valence-electron chi connectivity index (χ2n) is 6.43. The number of fused-ring (bicyclic) bond motifs is 2. The average molecular weight is 353 g/mol. The first-order chi connectivity index (χ1) is 12.1. The molecule has 0 saturated heterocycles. The van der Waals surface area contributed by atoms with Crippen LogP contribution in [-0.2, 0) is 17.6 Å². The van der Waals surface area contributed by atoms with E-state index in [1.807, 2.05) is 54.6 Å². The summed E-state index contributed by atoms with van der Waals surface area (Å²) in [5, 5.41) is 12.0. The van der Waals surface area contributed by atoms with Crippen molar-refractivity contribution in [2.45, 2.75) is 19.3 Å². The molecule has 0 aliphatic heterocycles. The van der Waals surface area contributed by atoms with Gasteiger partial charge in [-0.1, -0.05) is 35.9 Å². The Bertz CT molecular complexity index is 965. The molecule has 1 aliphatic rings. The Kier molecular flexibility index (Phi) is 4.10. The van der Waals surface area contributed by atoms with Crippen LogP contribution in [0.25, 0.3) is 10.8 Å². The molecule has 1 unspecified atom stereocenters. The molecule has 3 aromatic rings. The van der Waals surface area contributed by atoms with Gasteiger partial charge in [0.1, 0.15) is 11.5 Å².